The van der Waals surface area contributed by atoms with Crippen molar-refractivity contribution in [3.8, 4) is 0 Å². The van der Waals surface area contributed by atoms with Crippen molar-refractivity contribution in [2.45, 2.75) is 56.9 Å². The van der Waals surface area contributed by atoms with E-state index in [2.05, 4.69) is 10.6 Å². The van der Waals surface area contributed by atoms with Gasteiger partial charge in [-0.1, -0.05) is 97.9 Å². The Morgan fingerprint density at radius 1 is 0.667 bits per heavy atom. The summed E-state index contributed by atoms with van der Waals surface area (Å²) in [5.41, 5.74) is 19.2. The number of amides is 3. The molecule has 3 aromatic rings. The van der Waals surface area contributed by atoms with Crippen LogP contribution in [0.25, 0.3) is 0 Å². The summed E-state index contributed by atoms with van der Waals surface area (Å²) >= 11 is 0. The number of unbranched alkanes of at least 4 members (excludes halogenated alkanes) is 1. The van der Waals surface area contributed by atoms with Crippen LogP contribution in [0.3, 0.4) is 0 Å². The first-order valence-electron chi connectivity index (χ1n) is 18.1. The summed E-state index contributed by atoms with van der Waals surface area (Å²) in [7, 11) is -8.00. The van der Waals surface area contributed by atoms with Gasteiger partial charge in [-0.2, -0.15) is 8.61 Å². The molecule has 0 radical (unpaired) electrons. The number of benzene rings is 3. The average Bonchev–Trinajstić information content (AvgIpc) is 3.11. The molecule has 0 fully saturated rings. The maximum Gasteiger partial charge on any atom is 0.242 e. The number of hydrogen-bond donors (Lipinski definition) is 5. The van der Waals surface area contributed by atoms with Crippen LogP contribution in [-0.4, -0.2) is 100 Å². The van der Waals surface area contributed by atoms with Crippen LogP contribution in [-0.2, 0) is 53.0 Å². The maximum atomic E-state index is 14.0. The van der Waals surface area contributed by atoms with Crippen LogP contribution in [0.2, 0.25) is 0 Å². The molecule has 0 bridgehead atoms. The van der Waals surface area contributed by atoms with E-state index in [-0.39, 0.29) is 44.1 Å². The summed E-state index contributed by atoms with van der Waals surface area (Å²) in [5, 5.41) is 5.64. The number of nitrogens with one attached hydrogen (secondary N) is 2. The zero-order valence-electron chi connectivity index (χ0n) is 30.9. The van der Waals surface area contributed by atoms with Crippen LogP contribution < -0.4 is 27.8 Å². The van der Waals surface area contributed by atoms with Gasteiger partial charge in [0, 0.05) is 25.7 Å². The Morgan fingerprint density at radius 2 is 1.20 bits per heavy atom. The molecule has 0 aliphatic rings. The first-order chi connectivity index (χ1) is 25.7. The molecule has 0 aromatic heterocycles. The van der Waals surface area contributed by atoms with Crippen molar-refractivity contribution in [2.24, 2.45) is 23.1 Å². The van der Waals surface area contributed by atoms with Gasteiger partial charge in [0.15, 0.2) is 0 Å². The summed E-state index contributed by atoms with van der Waals surface area (Å²) in [6.07, 6.45) is 1.99. The maximum absolute atomic E-state index is 14.0. The van der Waals surface area contributed by atoms with Gasteiger partial charge >= 0.3 is 0 Å². The van der Waals surface area contributed by atoms with Crippen molar-refractivity contribution in [2.75, 3.05) is 45.0 Å². The number of carbonyl (C=O) groups is 3. The van der Waals surface area contributed by atoms with Crippen molar-refractivity contribution in [3.05, 3.63) is 108 Å². The molecule has 3 rings (SSSR count). The van der Waals surface area contributed by atoms with Crippen molar-refractivity contribution in [1.29, 1.82) is 0 Å². The third-order valence-corrected chi connectivity index (χ3v) is 12.2. The lowest BCUT2D eigenvalue weighted by Crippen LogP contribution is -2.55. The number of carbonyl (C=O) groups excluding carboxylic acids is 3. The molecule has 0 aliphatic heterocycles. The van der Waals surface area contributed by atoms with Gasteiger partial charge in [0.25, 0.3) is 0 Å². The molecule has 0 spiro atoms. The van der Waals surface area contributed by atoms with Crippen LogP contribution >= 0.6 is 0 Å². The fourth-order valence-electron chi connectivity index (χ4n) is 6.08. The minimum absolute atomic E-state index is 0.0565. The molecule has 3 aromatic carbocycles. The van der Waals surface area contributed by atoms with E-state index in [0.29, 0.717) is 31.4 Å². The largest absolute Gasteiger partial charge is 0.369 e. The molecule has 8 N–H and O–H groups in total. The second kappa shape index (κ2) is 22.3. The Bertz CT molecular complexity index is 1820. The molecule has 0 heterocycles. The van der Waals surface area contributed by atoms with Gasteiger partial charge in [0.05, 0.1) is 24.6 Å². The molecule has 3 amide bonds. The molecule has 3 unspecified atom stereocenters. The first kappa shape index (κ1) is 44.2. The minimum Gasteiger partial charge on any atom is -0.369 e. The lowest BCUT2D eigenvalue weighted by Gasteiger charge is -2.29. The van der Waals surface area contributed by atoms with Gasteiger partial charge < -0.3 is 27.8 Å². The fraction of sp³-hybridized carbons (Fsp3) is 0.447. The molecule has 0 aliphatic carbocycles. The summed E-state index contributed by atoms with van der Waals surface area (Å²) in [5.74, 6) is -3.04. The van der Waals surface area contributed by atoms with Gasteiger partial charge in [-0.3, -0.25) is 14.4 Å². The van der Waals surface area contributed by atoms with Crippen LogP contribution in [0.5, 0.6) is 0 Å². The van der Waals surface area contributed by atoms with E-state index in [9.17, 15) is 31.2 Å². The SMILES string of the molecule is CC(Cc1ccccc1)CN(CC(=O)NC(CCCCN)C(=O)NC(Cc1ccccc1)CN(CC(N)=O)S(=O)(=O)Cc1ccccc1)S(=O)(=O)CCN. The summed E-state index contributed by atoms with van der Waals surface area (Å²) < 4.78 is 55.9. The van der Waals surface area contributed by atoms with Crippen molar-refractivity contribution >= 4 is 37.8 Å². The summed E-state index contributed by atoms with van der Waals surface area (Å²) in [6.45, 7) is 0.752. The van der Waals surface area contributed by atoms with Crippen molar-refractivity contribution in [1.82, 2.24) is 19.2 Å². The van der Waals surface area contributed by atoms with E-state index >= 15 is 0 Å². The lowest BCUT2D eigenvalue weighted by atomic mass is 10.0. The van der Waals surface area contributed by atoms with E-state index in [1.807, 2.05) is 67.6 Å². The molecule has 54 heavy (non-hydrogen) atoms. The third kappa shape index (κ3) is 15.7. The van der Waals surface area contributed by atoms with Gasteiger partial charge in [-0.15, -0.1) is 0 Å². The molecule has 3 atom stereocenters. The Hall–Kier alpha value is -4.19. The molecule has 296 valence electrons. The zero-order chi connectivity index (χ0) is 39.6. The Balaban J connectivity index is 1.85. The molecule has 14 nitrogen and oxygen atoms in total. The van der Waals surface area contributed by atoms with Gasteiger partial charge in [-0.05, 0) is 61.3 Å². The van der Waals surface area contributed by atoms with Crippen LogP contribution in [0, 0.1) is 5.92 Å². The smallest absolute Gasteiger partial charge is 0.242 e. The Kier molecular flexibility index (Phi) is 18.2. The van der Waals surface area contributed by atoms with E-state index in [4.69, 9.17) is 17.2 Å². The highest BCUT2D eigenvalue weighted by Gasteiger charge is 2.31. The monoisotopic (exact) mass is 785 g/mol. The number of rotatable bonds is 25. The number of hydrogen-bond acceptors (Lipinski definition) is 9. The first-order valence-corrected chi connectivity index (χ1v) is 21.3. The number of nitrogens with two attached hydrogens (primary N) is 3. The second-order valence-electron chi connectivity index (χ2n) is 13.5. The highest BCUT2D eigenvalue weighted by molar-refractivity contribution is 7.89. The minimum atomic E-state index is -4.09. The second-order valence-corrected chi connectivity index (χ2v) is 17.5. The Labute approximate surface area is 319 Å². The standard InChI is InChI=1S/C38H55N7O7S2/c1-30(23-31-13-5-2-6-14-31)25-44(53(49,50)22-21-40)28-37(47)43-35(19-11-12-20-39)38(48)42-34(24-32-15-7-3-8-16-32)26-45(27-36(41)46)54(51,52)29-33-17-9-4-10-18-33/h2-10,13-18,30,34-35H,11-12,19-29,39-40H2,1H3,(H2,41,46)(H,42,48)(H,43,47). The highest BCUT2D eigenvalue weighted by Crippen LogP contribution is 2.16. The molecule has 0 saturated carbocycles. The quantitative estimate of drug-likeness (QED) is 0.0775. The zero-order valence-corrected chi connectivity index (χ0v) is 32.5. The lowest BCUT2D eigenvalue weighted by molar-refractivity contribution is -0.129. The number of sulfonamides is 2. The van der Waals surface area contributed by atoms with Crippen LogP contribution in [0.4, 0.5) is 0 Å². The van der Waals surface area contributed by atoms with Gasteiger partial charge in [0.2, 0.25) is 37.8 Å². The number of primary amides is 1. The molecule has 0 saturated heterocycles. The normalized spacial score (nSPS) is 13.6. The Morgan fingerprint density at radius 3 is 1.74 bits per heavy atom. The van der Waals surface area contributed by atoms with Gasteiger partial charge in [-0.25, -0.2) is 16.8 Å². The van der Waals surface area contributed by atoms with Crippen LogP contribution in [0.1, 0.15) is 42.9 Å². The molecule has 16 heteroatoms. The van der Waals surface area contributed by atoms with E-state index in [1.165, 1.54) is 0 Å². The van der Waals surface area contributed by atoms with Crippen molar-refractivity contribution < 1.29 is 31.2 Å². The number of nitrogens with zero attached hydrogens (tertiary/aromatic N) is 2. The van der Waals surface area contributed by atoms with E-state index < -0.39 is 68.7 Å². The molecular weight excluding hydrogens is 731 g/mol. The fourth-order valence-corrected chi connectivity index (χ4v) is 8.96. The predicted molar refractivity (Wildman–Crippen MR) is 210 cm³/mol. The van der Waals surface area contributed by atoms with E-state index in [1.54, 1.807) is 30.3 Å². The van der Waals surface area contributed by atoms with E-state index in [0.717, 1.165) is 19.7 Å². The van der Waals surface area contributed by atoms with Crippen LogP contribution in [0.15, 0.2) is 91.0 Å². The third-order valence-electron chi connectivity index (χ3n) is 8.64. The topological polar surface area (TPSA) is 228 Å². The summed E-state index contributed by atoms with van der Waals surface area (Å²) in [6, 6.07) is 25.2. The van der Waals surface area contributed by atoms with Crippen molar-refractivity contribution in [3.63, 3.8) is 0 Å². The molecular formula is C38H55N7O7S2. The average molecular weight is 786 g/mol. The van der Waals surface area contributed by atoms with Gasteiger partial charge in [0.1, 0.15) is 6.04 Å². The summed E-state index contributed by atoms with van der Waals surface area (Å²) in [4.78, 5) is 39.7. The highest BCUT2D eigenvalue weighted by atomic mass is 32.2. The predicted octanol–water partition coefficient (Wildman–Crippen LogP) is 1.11.